The number of aryl methyl sites for hydroxylation is 1. The maximum absolute atomic E-state index is 13.0. The predicted molar refractivity (Wildman–Crippen MR) is 66.9 cm³/mol. The standard InChI is InChI=1S/C13H11FO4S/c1-8-5-10(18-12(8)13(15)16)7-19(17)11-4-2-3-9(14)6-11/h2-6H,7H2,1H3,(H,15,16). The van der Waals surface area contributed by atoms with Gasteiger partial charge in [-0.25, -0.2) is 9.18 Å². The molecule has 0 radical (unpaired) electrons. The van der Waals surface area contributed by atoms with Crippen LogP contribution < -0.4 is 0 Å². The van der Waals surface area contributed by atoms with Gasteiger partial charge in [0.2, 0.25) is 5.76 Å². The number of carboxylic acid groups (broad SMARTS) is 1. The molecule has 6 heteroatoms. The third-order valence-corrected chi connectivity index (χ3v) is 3.82. The summed E-state index contributed by atoms with van der Waals surface area (Å²) in [5.41, 5.74) is 0.471. The number of benzene rings is 1. The molecule has 0 saturated carbocycles. The highest BCUT2D eigenvalue weighted by molar-refractivity contribution is 7.84. The van der Waals surface area contributed by atoms with Gasteiger partial charge in [-0.05, 0) is 31.2 Å². The van der Waals surface area contributed by atoms with E-state index in [0.717, 1.165) is 0 Å². The monoisotopic (exact) mass is 282 g/mol. The molecule has 0 amide bonds. The maximum Gasteiger partial charge on any atom is 0.372 e. The summed E-state index contributed by atoms with van der Waals surface area (Å²) in [4.78, 5) is 11.2. The van der Waals surface area contributed by atoms with Gasteiger partial charge in [0.25, 0.3) is 0 Å². The van der Waals surface area contributed by atoms with Crippen molar-refractivity contribution in [2.24, 2.45) is 0 Å². The number of hydrogen-bond donors (Lipinski definition) is 1. The average Bonchev–Trinajstić information content (AvgIpc) is 2.70. The summed E-state index contributed by atoms with van der Waals surface area (Å²) in [7, 11) is -1.48. The Balaban J connectivity index is 2.20. The van der Waals surface area contributed by atoms with E-state index in [2.05, 4.69) is 0 Å². The van der Waals surface area contributed by atoms with Crippen LogP contribution in [0.4, 0.5) is 4.39 Å². The number of furan rings is 1. The van der Waals surface area contributed by atoms with Gasteiger partial charge in [-0.2, -0.15) is 0 Å². The van der Waals surface area contributed by atoms with E-state index in [-0.39, 0.29) is 11.5 Å². The van der Waals surface area contributed by atoms with Gasteiger partial charge >= 0.3 is 5.97 Å². The predicted octanol–water partition coefficient (Wildman–Crippen LogP) is 2.73. The normalized spacial score (nSPS) is 12.3. The SMILES string of the molecule is Cc1cc(CS(=O)c2cccc(F)c2)oc1C(=O)O. The zero-order chi connectivity index (χ0) is 14.0. The van der Waals surface area contributed by atoms with Gasteiger partial charge in [-0.15, -0.1) is 0 Å². The molecule has 1 N–H and O–H groups in total. The van der Waals surface area contributed by atoms with E-state index in [9.17, 15) is 13.4 Å². The topological polar surface area (TPSA) is 67.5 Å². The summed E-state index contributed by atoms with van der Waals surface area (Å²) < 4.78 is 30.1. The second kappa shape index (κ2) is 5.36. The summed E-state index contributed by atoms with van der Waals surface area (Å²) in [6.07, 6.45) is 0. The first kappa shape index (κ1) is 13.5. The number of rotatable bonds is 4. The molecule has 1 atom stereocenters. The molecule has 0 bridgehead atoms. The van der Waals surface area contributed by atoms with Crippen LogP contribution in [-0.2, 0) is 16.6 Å². The van der Waals surface area contributed by atoms with E-state index in [4.69, 9.17) is 9.52 Å². The molecule has 19 heavy (non-hydrogen) atoms. The fraction of sp³-hybridized carbons (Fsp3) is 0.154. The van der Waals surface area contributed by atoms with Crippen LogP contribution in [0.25, 0.3) is 0 Å². The van der Waals surface area contributed by atoms with Crippen molar-refractivity contribution in [3.8, 4) is 0 Å². The summed E-state index contributed by atoms with van der Waals surface area (Å²) in [6, 6.07) is 7.00. The van der Waals surface area contributed by atoms with Crippen LogP contribution in [0.15, 0.2) is 39.6 Å². The molecule has 100 valence electrons. The van der Waals surface area contributed by atoms with Crippen molar-refractivity contribution in [1.29, 1.82) is 0 Å². The van der Waals surface area contributed by atoms with Crippen molar-refractivity contribution in [3.05, 3.63) is 53.2 Å². The lowest BCUT2D eigenvalue weighted by atomic mass is 10.3. The van der Waals surface area contributed by atoms with Crippen molar-refractivity contribution in [2.75, 3.05) is 0 Å². The van der Waals surface area contributed by atoms with Crippen molar-refractivity contribution >= 4 is 16.8 Å². The van der Waals surface area contributed by atoms with E-state index >= 15 is 0 Å². The number of carbonyl (C=O) groups is 1. The van der Waals surface area contributed by atoms with Gasteiger partial charge in [0.1, 0.15) is 11.6 Å². The van der Waals surface area contributed by atoms with Crippen LogP contribution in [0.5, 0.6) is 0 Å². The van der Waals surface area contributed by atoms with Crippen molar-refractivity contribution < 1.29 is 22.9 Å². The van der Waals surface area contributed by atoms with Crippen molar-refractivity contribution in [1.82, 2.24) is 0 Å². The van der Waals surface area contributed by atoms with E-state index < -0.39 is 22.6 Å². The van der Waals surface area contributed by atoms with Crippen molar-refractivity contribution in [2.45, 2.75) is 17.6 Å². The highest BCUT2D eigenvalue weighted by Gasteiger charge is 2.16. The van der Waals surface area contributed by atoms with Gasteiger partial charge in [0.15, 0.2) is 0 Å². The number of halogens is 1. The number of hydrogen-bond acceptors (Lipinski definition) is 3. The Bertz CT molecular complexity index is 648. The lowest BCUT2D eigenvalue weighted by Gasteiger charge is -2.00. The first-order chi connectivity index (χ1) is 8.97. The molecule has 1 aromatic heterocycles. The lowest BCUT2D eigenvalue weighted by molar-refractivity contribution is 0.0659. The highest BCUT2D eigenvalue weighted by Crippen LogP contribution is 2.19. The van der Waals surface area contributed by atoms with Crippen LogP contribution in [0.2, 0.25) is 0 Å². The molecule has 0 spiro atoms. The minimum Gasteiger partial charge on any atom is -0.475 e. The molecule has 4 nitrogen and oxygen atoms in total. The summed E-state index contributed by atoms with van der Waals surface area (Å²) >= 11 is 0. The zero-order valence-electron chi connectivity index (χ0n) is 10.1. The third kappa shape index (κ3) is 3.08. The van der Waals surface area contributed by atoms with Crippen LogP contribution in [0.3, 0.4) is 0 Å². The summed E-state index contributed by atoms with van der Waals surface area (Å²) in [6.45, 7) is 1.60. The quantitative estimate of drug-likeness (QED) is 0.936. The fourth-order valence-electron chi connectivity index (χ4n) is 1.65. The molecule has 2 aromatic rings. The van der Waals surface area contributed by atoms with Crippen molar-refractivity contribution in [3.63, 3.8) is 0 Å². The molecule has 0 aliphatic rings. The molecule has 1 aromatic carbocycles. The fourth-order valence-corrected chi connectivity index (χ4v) is 2.69. The largest absolute Gasteiger partial charge is 0.475 e. The highest BCUT2D eigenvalue weighted by atomic mass is 32.2. The Morgan fingerprint density at radius 1 is 1.42 bits per heavy atom. The van der Waals surface area contributed by atoms with E-state index in [0.29, 0.717) is 16.2 Å². The molecular weight excluding hydrogens is 271 g/mol. The van der Waals surface area contributed by atoms with Gasteiger partial charge < -0.3 is 9.52 Å². The molecule has 1 heterocycles. The molecule has 2 rings (SSSR count). The molecule has 0 saturated heterocycles. The molecule has 1 unspecified atom stereocenters. The van der Waals surface area contributed by atoms with E-state index in [1.54, 1.807) is 13.0 Å². The first-order valence-corrected chi connectivity index (χ1v) is 6.76. The van der Waals surface area contributed by atoms with E-state index in [1.807, 2.05) is 0 Å². The molecule has 0 aliphatic heterocycles. The lowest BCUT2D eigenvalue weighted by Crippen LogP contribution is -1.97. The molecular formula is C13H11FO4S. The Labute approximate surface area is 111 Å². The second-order valence-corrected chi connectivity index (χ2v) is 5.43. The van der Waals surface area contributed by atoms with Crippen LogP contribution >= 0.6 is 0 Å². The van der Waals surface area contributed by atoms with E-state index in [1.165, 1.54) is 24.3 Å². The number of aromatic carboxylic acids is 1. The molecule has 0 fully saturated rings. The Hall–Kier alpha value is -1.95. The minimum atomic E-state index is -1.48. The Kier molecular flexibility index (Phi) is 3.80. The van der Waals surface area contributed by atoms with Crippen LogP contribution in [-0.4, -0.2) is 15.3 Å². The van der Waals surface area contributed by atoms with Crippen LogP contribution in [0, 0.1) is 12.7 Å². The second-order valence-electron chi connectivity index (χ2n) is 3.98. The smallest absolute Gasteiger partial charge is 0.372 e. The van der Waals surface area contributed by atoms with Gasteiger partial charge in [0, 0.05) is 10.5 Å². The average molecular weight is 282 g/mol. The van der Waals surface area contributed by atoms with Gasteiger partial charge in [-0.3, -0.25) is 4.21 Å². The molecule has 0 aliphatic carbocycles. The van der Waals surface area contributed by atoms with Crippen LogP contribution in [0.1, 0.15) is 21.9 Å². The van der Waals surface area contributed by atoms with Gasteiger partial charge in [-0.1, -0.05) is 6.07 Å². The zero-order valence-corrected chi connectivity index (χ0v) is 10.9. The summed E-state index contributed by atoms with van der Waals surface area (Å²) in [5.74, 6) is -1.48. The first-order valence-electron chi connectivity index (χ1n) is 5.44. The maximum atomic E-state index is 13.0. The third-order valence-electron chi connectivity index (χ3n) is 2.50. The Morgan fingerprint density at radius 3 is 2.74 bits per heavy atom. The minimum absolute atomic E-state index is 0.0115. The number of carboxylic acids is 1. The van der Waals surface area contributed by atoms with Gasteiger partial charge in [0.05, 0.1) is 16.6 Å². The summed E-state index contributed by atoms with van der Waals surface area (Å²) in [5, 5.41) is 8.85. The Morgan fingerprint density at radius 2 is 2.16 bits per heavy atom.